The summed E-state index contributed by atoms with van der Waals surface area (Å²) in [6, 6.07) is 13.7. The molecule has 162 valence electrons. The Bertz CT molecular complexity index is 842. The molecule has 2 aromatic carbocycles. The lowest BCUT2D eigenvalue weighted by Crippen LogP contribution is -2.35. The molecule has 30 heavy (non-hydrogen) atoms. The quantitative estimate of drug-likeness (QED) is 0.612. The predicted octanol–water partition coefficient (Wildman–Crippen LogP) is 4.24. The van der Waals surface area contributed by atoms with E-state index in [2.05, 4.69) is 11.4 Å². The Hall–Kier alpha value is -2.08. The van der Waals surface area contributed by atoms with Crippen LogP contribution in [0.25, 0.3) is 0 Å². The molecule has 0 unspecified atom stereocenters. The van der Waals surface area contributed by atoms with Crippen LogP contribution in [-0.4, -0.2) is 36.9 Å². The maximum atomic E-state index is 11.6. The van der Waals surface area contributed by atoms with Crippen LogP contribution in [0.5, 0.6) is 5.75 Å². The van der Waals surface area contributed by atoms with Crippen molar-refractivity contribution >= 4 is 17.6 Å². The number of nitrogens with one attached hydrogen (secondary N) is 1. The summed E-state index contributed by atoms with van der Waals surface area (Å²) in [7, 11) is 0. The van der Waals surface area contributed by atoms with E-state index in [9.17, 15) is 9.90 Å². The van der Waals surface area contributed by atoms with Crippen LogP contribution in [0, 0.1) is 0 Å². The minimum Gasteiger partial charge on any atom is -0.482 e. The molecule has 0 radical (unpaired) electrons. The Morgan fingerprint density at radius 2 is 2.10 bits per heavy atom. The highest BCUT2D eigenvalue weighted by atomic mass is 35.5. The second-order valence-corrected chi connectivity index (χ2v) is 8.09. The molecule has 2 N–H and O–H groups in total. The van der Waals surface area contributed by atoms with Crippen LogP contribution in [0.1, 0.15) is 49.0 Å². The number of aliphatic hydroxyl groups excluding tert-OH is 1. The summed E-state index contributed by atoms with van der Waals surface area (Å²) < 4.78 is 10.5. The molecular weight excluding hydrogens is 402 g/mol. The van der Waals surface area contributed by atoms with Crippen LogP contribution in [0.3, 0.4) is 0 Å². The lowest BCUT2D eigenvalue weighted by atomic mass is 9.90. The summed E-state index contributed by atoms with van der Waals surface area (Å²) in [5, 5.41) is 14.7. The molecule has 0 saturated carbocycles. The zero-order chi connectivity index (χ0) is 21.3. The molecule has 5 nitrogen and oxygen atoms in total. The molecule has 2 aromatic rings. The number of aliphatic hydroxyl groups is 1. The van der Waals surface area contributed by atoms with E-state index in [1.165, 1.54) is 11.1 Å². The van der Waals surface area contributed by atoms with E-state index in [0.29, 0.717) is 23.9 Å². The van der Waals surface area contributed by atoms with Gasteiger partial charge in [0.2, 0.25) is 0 Å². The largest absolute Gasteiger partial charge is 0.482 e. The first-order valence-corrected chi connectivity index (χ1v) is 11.0. The second kappa shape index (κ2) is 11.3. The Balaban J connectivity index is 1.62. The van der Waals surface area contributed by atoms with Crippen molar-refractivity contribution in [3.05, 3.63) is 64.2 Å². The van der Waals surface area contributed by atoms with E-state index in [1.807, 2.05) is 24.3 Å². The number of hydrogen-bond acceptors (Lipinski definition) is 5. The van der Waals surface area contributed by atoms with Gasteiger partial charge in [0.15, 0.2) is 6.61 Å². The third-order valence-corrected chi connectivity index (χ3v) is 5.62. The summed E-state index contributed by atoms with van der Waals surface area (Å²) in [5.41, 5.74) is 3.36. The predicted molar refractivity (Wildman–Crippen MR) is 118 cm³/mol. The zero-order valence-corrected chi connectivity index (χ0v) is 18.2. The Morgan fingerprint density at radius 3 is 2.90 bits per heavy atom. The second-order valence-electron chi connectivity index (χ2n) is 7.65. The monoisotopic (exact) mass is 431 g/mol. The molecule has 1 aliphatic rings. The fourth-order valence-electron chi connectivity index (χ4n) is 3.83. The van der Waals surface area contributed by atoms with Gasteiger partial charge in [0, 0.05) is 17.6 Å². The third kappa shape index (κ3) is 6.73. The number of halogens is 1. The van der Waals surface area contributed by atoms with Crippen LogP contribution in [0.2, 0.25) is 5.02 Å². The fraction of sp³-hybridized carbons (Fsp3) is 0.458. The molecule has 1 aliphatic carbocycles. The number of ether oxygens (including phenoxy) is 2. The summed E-state index contributed by atoms with van der Waals surface area (Å²) in [4.78, 5) is 11.6. The Kier molecular flexibility index (Phi) is 8.55. The van der Waals surface area contributed by atoms with E-state index in [-0.39, 0.29) is 18.6 Å². The number of benzene rings is 2. The van der Waals surface area contributed by atoms with Crippen molar-refractivity contribution in [3.63, 3.8) is 0 Å². The highest BCUT2D eigenvalue weighted by molar-refractivity contribution is 6.30. The molecule has 0 heterocycles. The topological polar surface area (TPSA) is 67.8 Å². The summed E-state index contributed by atoms with van der Waals surface area (Å²) in [6.07, 6.45) is 4.62. The minimum atomic E-state index is -0.604. The first-order chi connectivity index (χ1) is 14.5. The fourth-order valence-corrected chi connectivity index (χ4v) is 4.03. The average Bonchev–Trinajstić information content (AvgIpc) is 2.72. The Labute approximate surface area is 183 Å². The first-order valence-electron chi connectivity index (χ1n) is 10.6. The van der Waals surface area contributed by atoms with Crippen molar-refractivity contribution in [3.8, 4) is 5.75 Å². The van der Waals surface area contributed by atoms with Crippen LogP contribution in [-0.2, 0) is 22.4 Å². The zero-order valence-electron chi connectivity index (χ0n) is 17.4. The van der Waals surface area contributed by atoms with Gasteiger partial charge in [-0.15, -0.1) is 0 Å². The summed E-state index contributed by atoms with van der Waals surface area (Å²) in [6.45, 7) is 2.51. The first kappa shape index (κ1) is 22.6. The minimum absolute atomic E-state index is 0.0832. The van der Waals surface area contributed by atoms with Gasteiger partial charge in [-0.25, -0.2) is 4.79 Å². The van der Waals surface area contributed by atoms with Crippen LogP contribution in [0.15, 0.2) is 42.5 Å². The maximum absolute atomic E-state index is 11.6. The normalized spacial score (nSPS) is 17.4. The number of fused-ring (bicyclic) bond motifs is 1. The van der Waals surface area contributed by atoms with Gasteiger partial charge in [-0.2, -0.15) is 0 Å². The van der Waals surface area contributed by atoms with Crippen LogP contribution >= 0.6 is 11.6 Å². The highest BCUT2D eigenvalue weighted by Gasteiger charge is 2.18. The number of rotatable bonds is 8. The third-order valence-electron chi connectivity index (χ3n) is 5.39. The molecule has 0 fully saturated rings. The van der Waals surface area contributed by atoms with E-state index in [1.54, 1.807) is 19.1 Å². The van der Waals surface area contributed by atoms with Gasteiger partial charge in [-0.3, -0.25) is 0 Å². The van der Waals surface area contributed by atoms with Gasteiger partial charge < -0.3 is 19.9 Å². The molecule has 2 atom stereocenters. The van der Waals surface area contributed by atoms with E-state index in [0.717, 1.165) is 37.7 Å². The van der Waals surface area contributed by atoms with Gasteiger partial charge >= 0.3 is 5.97 Å². The lowest BCUT2D eigenvalue weighted by molar-refractivity contribution is -0.145. The summed E-state index contributed by atoms with van der Waals surface area (Å²) in [5.74, 6) is 0.318. The van der Waals surface area contributed by atoms with Crippen LogP contribution in [0.4, 0.5) is 0 Å². The maximum Gasteiger partial charge on any atom is 0.344 e. The highest BCUT2D eigenvalue weighted by Crippen LogP contribution is 2.25. The molecule has 6 heteroatoms. The van der Waals surface area contributed by atoms with Crippen molar-refractivity contribution in [2.45, 2.75) is 51.2 Å². The van der Waals surface area contributed by atoms with Crippen molar-refractivity contribution < 1.29 is 19.4 Å². The number of carbonyl (C=O) groups excluding carboxylic acids is 1. The number of carbonyl (C=O) groups is 1. The molecule has 0 bridgehead atoms. The summed E-state index contributed by atoms with van der Waals surface area (Å²) >= 11 is 6.04. The van der Waals surface area contributed by atoms with E-state index >= 15 is 0 Å². The molecule has 0 amide bonds. The Morgan fingerprint density at radius 1 is 1.23 bits per heavy atom. The lowest BCUT2D eigenvalue weighted by Gasteiger charge is -2.25. The molecule has 0 spiro atoms. The molecule has 0 aliphatic heterocycles. The van der Waals surface area contributed by atoms with Gasteiger partial charge in [0.1, 0.15) is 5.75 Å². The molecule has 3 rings (SSSR count). The van der Waals surface area contributed by atoms with Crippen molar-refractivity contribution in [2.24, 2.45) is 0 Å². The van der Waals surface area contributed by atoms with Gasteiger partial charge in [0.25, 0.3) is 0 Å². The van der Waals surface area contributed by atoms with Crippen molar-refractivity contribution in [1.82, 2.24) is 5.32 Å². The molecular formula is C24H30ClNO4. The van der Waals surface area contributed by atoms with Gasteiger partial charge in [-0.1, -0.05) is 36.2 Å². The van der Waals surface area contributed by atoms with E-state index in [4.69, 9.17) is 21.1 Å². The van der Waals surface area contributed by atoms with Crippen molar-refractivity contribution in [2.75, 3.05) is 19.8 Å². The van der Waals surface area contributed by atoms with Gasteiger partial charge in [-0.05, 0) is 73.6 Å². The van der Waals surface area contributed by atoms with Crippen LogP contribution < -0.4 is 10.1 Å². The number of hydrogen-bond donors (Lipinski definition) is 2. The van der Waals surface area contributed by atoms with Crippen molar-refractivity contribution in [1.29, 1.82) is 0 Å². The van der Waals surface area contributed by atoms with Gasteiger partial charge in [0.05, 0.1) is 12.7 Å². The van der Waals surface area contributed by atoms with E-state index < -0.39 is 6.10 Å². The molecule has 0 aromatic heterocycles. The number of esters is 1. The number of aryl methyl sites for hydroxylation is 1. The SMILES string of the molecule is CCOC(=O)COc1ccc2c(c1)C[C@@H](NC[C@H](O)c1cccc(Cl)c1)CCCC2. The molecule has 0 saturated heterocycles. The smallest absolute Gasteiger partial charge is 0.344 e. The average molecular weight is 432 g/mol. The standard InChI is InChI=1S/C24H30ClNO4/c1-2-29-24(28)16-30-22-11-10-17-6-3-4-9-21(13-19(17)14-22)26-15-23(27)18-7-5-8-20(25)12-18/h5,7-8,10-12,14,21,23,26-27H,2-4,6,9,13,15-16H2,1H3/t21-,23-/m0/s1.